The second kappa shape index (κ2) is 11.1. The molecule has 1 amide bonds. The van der Waals surface area contributed by atoms with Crippen LogP contribution in [0, 0.1) is 18.3 Å². The van der Waals surface area contributed by atoms with Crippen LogP contribution in [0.5, 0.6) is 17.2 Å². The van der Waals surface area contributed by atoms with Gasteiger partial charge in [-0.25, -0.2) is 13.4 Å². The van der Waals surface area contributed by atoms with Crippen LogP contribution in [0.1, 0.15) is 29.7 Å². The van der Waals surface area contributed by atoms with Crippen LogP contribution in [0.25, 0.3) is 10.2 Å². The standard InChI is InChI=1S/C27H25N3O6S2/c1-5-38(32,33)20-10-7-17(8-11-20)25(36-19-9-6-18(15-28)16(2)12-19)26(31)30-27-29-21-13-22(34-3)23(35-4)14-24(21)37-27/h6-14,25H,5H2,1-4H3,(H,29,30,31). The highest BCUT2D eigenvalue weighted by Crippen LogP contribution is 2.36. The number of amides is 1. The molecule has 0 saturated carbocycles. The quantitative estimate of drug-likeness (QED) is 0.306. The predicted molar refractivity (Wildman–Crippen MR) is 145 cm³/mol. The van der Waals surface area contributed by atoms with Gasteiger partial charge in [0.2, 0.25) is 6.10 Å². The van der Waals surface area contributed by atoms with Crippen molar-refractivity contribution >= 4 is 42.4 Å². The largest absolute Gasteiger partial charge is 0.493 e. The summed E-state index contributed by atoms with van der Waals surface area (Å²) in [5, 5.41) is 12.4. The fourth-order valence-electron chi connectivity index (χ4n) is 3.74. The Hall–Kier alpha value is -4.14. The Balaban J connectivity index is 1.68. The van der Waals surface area contributed by atoms with Crippen LogP contribution in [0.4, 0.5) is 5.13 Å². The Bertz CT molecular complexity index is 1600. The molecule has 1 aromatic heterocycles. The van der Waals surface area contributed by atoms with Gasteiger partial charge < -0.3 is 14.2 Å². The van der Waals surface area contributed by atoms with Crippen LogP contribution < -0.4 is 19.5 Å². The zero-order valence-electron chi connectivity index (χ0n) is 21.1. The van der Waals surface area contributed by atoms with Crippen molar-refractivity contribution in [2.75, 3.05) is 25.3 Å². The molecular formula is C27H25N3O6S2. The minimum absolute atomic E-state index is 0.0372. The van der Waals surface area contributed by atoms with Gasteiger partial charge in [-0.1, -0.05) is 30.4 Å². The van der Waals surface area contributed by atoms with Gasteiger partial charge >= 0.3 is 0 Å². The smallest absolute Gasteiger partial charge is 0.271 e. The molecule has 1 unspecified atom stereocenters. The monoisotopic (exact) mass is 551 g/mol. The lowest BCUT2D eigenvalue weighted by atomic mass is 10.1. The lowest BCUT2D eigenvalue weighted by Gasteiger charge is -2.19. The van der Waals surface area contributed by atoms with E-state index in [4.69, 9.17) is 14.2 Å². The summed E-state index contributed by atoms with van der Waals surface area (Å²) in [6, 6.07) is 16.5. The second-order valence-corrected chi connectivity index (χ2v) is 11.6. The van der Waals surface area contributed by atoms with Gasteiger partial charge in [0.05, 0.1) is 46.7 Å². The van der Waals surface area contributed by atoms with E-state index in [2.05, 4.69) is 16.4 Å². The number of nitriles is 1. The molecule has 0 aliphatic rings. The first kappa shape index (κ1) is 26.9. The van der Waals surface area contributed by atoms with Crippen LogP contribution in [-0.2, 0) is 14.6 Å². The third-order valence-electron chi connectivity index (χ3n) is 5.86. The van der Waals surface area contributed by atoms with Gasteiger partial charge in [0.15, 0.2) is 26.5 Å². The van der Waals surface area contributed by atoms with Crippen molar-refractivity contribution < 1.29 is 27.4 Å². The molecule has 0 aliphatic heterocycles. The lowest BCUT2D eigenvalue weighted by Crippen LogP contribution is -2.25. The first-order valence-electron chi connectivity index (χ1n) is 11.5. The van der Waals surface area contributed by atoms with Gasteiger partial charge in [-0.15, -0.1) is 0 Å². The predicted octanol–water partition coefficient (Wildman–Crippen LogP) is 5.05. The zero-order valence-corrected chi connectivity index (χ0v) is 22.8. The van der Waals surface area contributed by atoms with Crippen molar-refractivity contribution in [2.45, 2.75) is 24.8 Å². The van der Waals surface area contributed by atoms with Crippen molar-refractivity contribution in [3.63, 3.8) is 0 Å². The number of sulfone groups is 1. The number of thiazole rings is 1. The minimum atomic E-state index is -3.41. The minimum Gasteiger partial charge on any atom is -0.493 e. The molecule has 9 nitrogen and oxygen atoms in total. The number of hydrogen-bond acceptors (Lipinski definition) is 9. The van der Waals surface area contributed by atoms with E-state index in [-0.39, 0.29) is 10.6 Å². The molecule has 0 fully saturated rings. The summed E-state index contributed by atoms with van der Waals surface area (Å²) in [4.78, 5) is 18.1. The lowest BCUT2D eigenvalue weighted by molar-refractivity contribution is -0.123. The summed E-state index contributed by atoms with van der Waals surface area (Å²) < 4.78 is 42.1. The number of ether oxygens (including phenoxy) is 3. The van der Waals surface area contributed by atoms with Crippen molar-refractivity contribution in [1.29, 1.82) is 5.26 Å². The van der Waals surface area contributed by atoms with E-state index >= 15 is 0 Å². The van der Waals surface area contributed by atoms with Gasteiger partial charge in [-0.2, -0.15) is 5.26 Å². The number of methoxy groups -OCH3 is 2. The van der Waals surface area contributed by atoms with Crippen molar-refractivity contribution in [2.24, 2.45) is 0 Å². The number of aromatic nitrogens is 1. The van der Waals surface area contributed by atoms with E-state index in [0.717, 1.165) is 4.70 Å². The fourth-order valence-corrected chi connectivity index (χ4v) is 5.50. The Morgan fingerprint density at radius 2 is 1.76 bits per heavy atom. The Morgan fingerprint density at radius 1 is 1.08 bits per heavy atom. The summed E-state index contributed by atoms with van der Waals surface area (Å²) in [6.07, 6.45) is -1.13. The summed E-state index contributed by atoms with van der Waals surface area (Å²) >= 11 is 1.26. The molecule has 11 heteroatoms. The molecule has 0 radical (unpaired) electrons. The number of benzene rings is 3. The van der Waals surface area contributed by atoms with E-state index in [1.54, 1.807) is 56.3 Å². The van der Waals surface area contributed by atoms with Gasteiger partial charge in [-0.05, 0) is 42.8 Å². The molecule has 38 heavy (non-hydrogen) atoms. The molecule has 4 aromatic rings. The number of fused-ring (bicyclic) bond motifs is 1. The Labute approximate surface area is 224 Å². The molecule has 0 aliphatic carbocycles. The number of nitrogens with one attached hydrogen (secondary N) is 1. The molecule has 0 spiro atoms. The first-order chi connectivity index (χ1) is 18.2. The van der Waals surface area contributed by atoms with Crippen molar-refractivity contribution in [3.05, 3.63) is 71.3 Å². The van der Waals surface area contributed by atoms with E-state index in [1.807, 2.05) is 0 Å². The maximum absolute atomic E-state index is 13.5. The number of aryl methyl sites for hydroxylation is 1. The zero-order chi connectivity index (χ0) is 27.4. The highest BCUT2D eigenvalue weighted by atomic mass is 32.2. The van der Waals surface area contributed by atoms with E-state index in [0.29, 0.717) is 44.6 Å². The highest BCUT2D eigenvalue weighted by Gasteiger charge is 2.25. The van der Waals surface area contributed by atoms with Crippen LogP contribution in [0.15, 0.2) is 59.5 Å². The third-order valence-corrected chi connectivity index (χ3v) is 8.54. The molecular weight excluding hydrogens is 526 g/mol. The number of nitrogens with zero attached hydrogens (tertiary/aromatic N) is 2. The van der Waals surface area contributed by atoms with Crippen LogP contribution in [0.3, 0.4) is 0 Å². The average Bonchev–Trinajstić information content (AvgIpc) is 3.31. The molecule has 4 rings (SSSR count). The van der Waals surface area contributed by atoms with E-state index in [9.17, 15) is 18.5 Å². The molecule has 0 saturated heterocycles. The molecule has 196 valence electrons. The number of carbonyl (C=O) groups is 1. The number of anilines is 1. The average molecular weight is 552 g/mol. The van der Waals surface area contributed by atoms with Gasteiger partial charge in [-0.3, -0.25) is 10.1 Å². The second-order valence-electron chi connectivity index (χ2n) is 8.24. The Kier molecular flexibility index (Phi) is 7.85. The fraction of sp³-hybridized carbons (Fsp3) is 0.222. The van der Waals surface area contributed by atoms with Gasteiger partial charge in [0.25, 0.3) is 5.91 Å². The number of carbonyl (C=O) groups excluding carboxylic acids is 1. The van der Waals surface area contributed by atoms with Crippen LogP contribution in [0.2, 0.25) is 0 Å². The summed E-state index contributed by atoms with van der Waals surface area (Å²) in [5.74, 6) is 0.898. The third kappa shape index (κ3) is 5.56. The van der Waals surface area contributed by atoms with E-state index in [1.165, 1.54) is 37.7 Å². The number of rotatable bonds is 9. The van der Waals surface area contributed by atoms with Gasteiger partial charge in [0, 0.05) is 17.7 Å². The maximum Gasteiger partial charge on any atom is 0.271 e. The van der Waals surface area contributed by atoms with Crippen molar-refractivity contribution in [3.8, 4) is 23.3 Å². The van der Waals surface area contributed by atoms with Crippen molar-refractivity contribution in [1.82, 2.24) is 4.98 Å². The van der Waals surface area contributed by atoms with E-state index < -0.39 is 21.8 Å². The first-order valence-corrected chi connectivity index (χ1v) is 14.0. The normalized spacial score (nSPS) is 12.0. The summed E-state index contributed by atoms with van der Waals surface area (Å²) in [7, 11) is -0.340. The Morgan fingerprint density at radius 3 is 2.37 bits per heavy atom. The number of hydrogen-bond donors (Lipinski definition) is 1. The summed E-state index contributed by atoms with van der Waals surface area (Å²) in [5.41, 5.74) is 2.26. The molecule has 0 bridgehead atoms. The summed E-state index contributed by atoms with van der Waals surface area (Å²) in [6.45, 7) is 3.34. The molecule has 1 heterocycles. The van der Waals surface area contributed by atoms with Crippen LogP contribution in [-0.4, -0.2) is 39.3 Å². The molecule has 1 N–H and O–H groups in total. The maximum atomic E-state index is 13.5. The molecule has 3 aromatic carbocycles. The topological polar surface area (TPSA) is 128 Å². The SMILES string of the molecule is CCS(=O)(=O)c1ccc(C(Oc2ccc(C#N)c(C)c2)C(=O)Nc2nc3cc(OC)c(OC)cc3s2)cc1. The molecule has 1 atom stereocenters. The van der Waals surface area contributed by atoms with Crippen LogP contribution >= 0.6 is 11.3 Å². The highest BCUT2D eigenvalue weighted by molar-refractivity contribution is 7.91. The van der Waals surface area contributed by atoms with Gasteiger partial charge in [0.1, 0.15) is 5.75 Å².